The van der Waals surface area contributed by atoms with Gasteiger partial charge in [0.25, 0.3) is 0 Å². The molecule has 0 saturated heterocycles. The lowest BCUT2D eigenvalue weighted by Crippen LogP contribution is -2.27. The second-order valence-electron chi connectivity index (χ2n) is 3.19. The summed E-state index contributed by atoms with van der Waals surface area (Å²) in [5, 5.41) is 0. The van der Waals surface area contributed by atoms with E-state index in [9.17, 15) is 0 Å². The molecule has 0 aromatic rings. The number of nitrogens with zero attached hydrogens (tertiary/aromatic N) is 1. The molecule has 1 aliphatic rings. The molecule has 1 rings (SSSR count). The molecule has 54 valence electrons. The normalized spacial score (nSPS) is 36.0. The number of hydrogen-bond donors (Lipinski definition) is 1. The molecule has 1 saturated carbocycles. The van der Waals surface area contributed by atoms with Gasteiger partial charge in [0.2, 0.25) is 0 Å². The van der Waals surface area contributed by atoms with Crippen LogP contribution in [0.15, 0.2) is 0 Å². The highest BCUT2D eigenvalue weighted by atomic mass is 15.1. The summed E-state index contributed by atoms with van der Waals surface area (Å²) in [5.41, 5.74) is 5.74. The van der Waals surface area contributed by atoms with Gasteiger partial charge in [0.15, 0.2) is 0 Å². The highest BCUT2D eigenvalue weighted by molar-refractivity contribution is 4.82. The number of rotatable bonds is 1. The molecule has 0 radical (unpaired) electrons. The molecule has 0 bridgehead atoms. The topological polar surface area (TPSA) is 29.3 Å². The summed E-state index contributed by atoms with van der Waals surface area (Å²) in [6.45, 7) is 0. The van der Waals surface area contributed by atoms with Crippen LogP contribution in [-0.2, 0) is 0 Å². The minimum absolute atomic E-state index is 0.470. The van der Waals surface area contributed by atoms with E-state index < -0.39 is 0 Å². The molecule has 0 aliphatic heterocycles. The Balaban J connectivity index is 2.30. The maximum absolute atomic E-state index is 5.74. The van der Waals surface area contributed by atoms with Crippen LogP contribution in [0.1, 0.15) is 19.3 Å². The van der Waals surface area contributed by atoms with E-state index in [1.54, 1.807) is 0 Å². The Morgan fingerprint density at radius 1 is 1.33 bits per heavy atom. The van der Waals surface area contributed by atoms with Crippen molar-refractivity contribution in [1.29, 1.82) is 0 Å². The summed E-state index contributed by atoms with van der Waals surface area (Å²) >= 11 is 0. The molecule has 0 amide bonds. The first-order chi connectivity index (χ1) is 4.20. The Kier molecular flexibility index (Phi) is 2.09. The summed E-state index contributed by atoms with van der Waals surface area (Å²) in [6.07, 6.45) is 3.68. The van der Waals surface area contributed by atoms with Gasteiger partial charge in [-0.05, 0) is 33.4 Å². The maximum Gasteiger partial charge on any atom is 0.0104 e. The molecule has 2 heteroatoms. The second-order valence-corrected chi connectivity index (χ2v) is 3.19. The zero-order valence-electron chi connectivity index (χ0n) is 6.30. The monoisotopic (exact) mass is 128 g/mol. The fourth-order valence-corrected chi connectivity index (χ4v) is 1.46. The van der Waals surface area contributed by atoms with Crippen molar-refractivity contribution >= 4 is 0 Å². The smallest absolute Gasteiger partial charge is 0.0104 e. The lowest BCUT2D eigenvalue weighted by Gasteiger charge is -2.17. The van der Waals surface area contributed by atoms with Crippen LogP contribution < -0.4 is 5.73 Å². The van der Waals surface area contributed by atoms with Crippen molar-refractivity contribution in [3.8, 4) is 0 Å². The Hall–Kier alpha value is -0.0800. The standard InChI is InChI=1S/C7H16N2/c1-9(2)7-4-3-6(8)5-7/h6-7H,3-5,8H2,1-2H3/t6-,7?/m0/s1. The first-order valence-corrected chi connectivity index (χ1v) is 3.62. The van der Waals surface area contributed by atoms with E-state index in [0.29, 0.717) is 6.04 Å². The van der Waals surface area contributed by atoms with Crippen LogP contribution in [0.25, 0.3) is 0 Å². The lowest BCUT2D eigenvalue weighted by molar-refractivity contribution is 0.297. The van der Waals surface area contributed by atoms with Crippen molar-refractivity contribution in [2.24, 2.45) is 5.73 Å². The van der Waals surface area contributed by atoms with Crippen LogP contribution in [0.3, 0.4) is 0 Å². The van der Waals surface area contributed by atoms with Gasteiger partial charge in [-0.25, -0.2) is 0 Å². The van der Waals surface area contributed by atoms with Crippen LogP contribution in [0, 0.1) is 0 Å². The molecule has 1 unspecified atom stereocenters. The third kappa shape index (κ3) is 1.66. The Morgan fingerprint density at radius 3 is 2.22 bits per heavy atom. The van der Waals surface area contributed by atoms with Crippen molar-refractivity contribution in [2.45, 2.75) is 31.3 Å². The summed E-state index contributed by atoms with van der Waals surface area (Å²) in [5.74, 6) is 0. The first kappa shape index (κ1) is 7.03. The Labute approximate surface area is 57.0 Å². The maximum atomic E-state index is 5.74. The third-order valence-electron chi connectivity index (χ3n) is 2.18. The van der Waals surface area contributed by atoms with E-state index in [1.807, 2.05) is 0 Å². The second kappa shape index (κ2) is 2.67. The van der Waals surface area contributed by atoms with E-state index in [4.69, 9.17) is 5.73 Å². The van der Waals surface area contributed by atoms with E-state index in [1.165, 1.54) is 19.3 Å². The van der Waals surface area contributed by atoms with Crippen molar-refractivity contribution < 1.29 is 0 Å². The molecule has 1 aliphatic carbocycles. The van der Waals surface area contributed by atoms with Crippen molar-refractivity contribution in [2.75, 3.05) is 14.1 Å². The van der Waals surface area contributed by atoms with Gasteiger partial charge < -0.3 is 10.6 Å². The van der Waals surface area contributed by atoms with Gasteiger partial charge in [0.05, 0.1) is 0 Å². The molecular weight excluding hydrogens is 112 g/mol. The Morgan fingerprint density at radius 2 is 2.00 bits per heavy atom. The van der Waals surface area contributed by atoms with Gasteiger partial charge in [0.1, 0.15) is 0 Å². The molecule has 0 aromatic carbocycles. The molecule has 0 heterocycles. The molecular formula is C7H16N2. The minimum Gasteiger partial charge on any atom is -0.328 e. The first-order valence-electron chi connectivity index (χ1n) is 3.62. The lowest BCUT2D eigenvalue weighted by atomic mass is 10.2. The van der Waals surface area contributed by atoms with Crippen molar-refractivity contribution in [3.05, 3.63) is 0 Å². The van der Waals surface area contributed by atoms with Gasteiger partial charge in [-0.15, -0.1) is 0 Å². The highest BCUT2D eigenvalue weighted by Crippen LogP contribution is 2.20. The van der Waals surface area contributed by atoms with E-state index in [2.05, 4.69) is 19.0 Å². The predicted octanol–water partition coefficient (Wildman–Crippen LogP) is 0.428. The SMILES string of the molecule is CN(C)C1CC[C@H](N)C1. The molecule has 0 spiro atoms. The molecule has 2 nitrogen and oxygen atoms in total. The minimum atomic E-state index is 0.470. The van der Waals surface area contributed by atoms with Crippen LogP contribution >= 0.6 is 0 Å². The fourth-order valence-electron chi connectivity index (χ4n) is 1.46. The van der Waals surface area contributed by atoms with Gasteiger partial charge in [-0.1, -0.05) is 0 Å². The molecule has 2 N–H and O–H groups in total. The summed E-state index contributed by atoms with van der Waals surface area (Å²) < 4.78 is 0. The molecule has 2 atom stereocenters. The van der Waals surface area contributed by atoms with Gasteiger partial charge in [-0.3, -0.25) is 0 Å². The zero-order chi connectivity index (χ0) is 6.85. The van der Waals surface area contributed by atoms with Crippen LogP contribution in [0.5, 0.6) is 0 Å². The van der Waals surface area contributed by atoms with E-state index in [0.717, 1.165) is 6.04 Å². The largest absolute Gasteiger partial charge is 0.328 e. The summed E-state index contributed by atoms with van der Waals surface area (Å²) in [7, 11) is 4.26. The average molecular weight is 128 g/mol. The molecule has 0 aromatic heterocycles. The number of hydrogen-bond acceptors (Lipinski definition) is 2. The number of nitrogens with two attached hydrogens (primary N) is 1. The van der Waals surface area contributed by atoms with E-state index in [-0.39, 0.29) is 0 Å². The fraction of sp³-hybridized carbons (Fsp3) is 1.00. The van der Waals surface area contributed by atoms with Crippen molar-refractivity contribution in [1.82, 2.24) is 4.90 Å². The zero-order valence-corrected chi connectivity index (χ0v) is 6.30. The highest BCUT2D eigenvalue weighted by Gasteiger charge is 2.22. The van der Waals surface area contributed by atoms with Gasteiger partial charge >= 0.3 is 0 Å². The summed E-state index contributed by atoms with van der Waals surface area (Å²) in [4.78, 5) is 2.27. The molecule has 1 fully saturated rings. The van der Waals surface area contributed by atoms with Crippen molar-refractivity contribution in [3.63, 3.8) is 0 Å². The van der Waals surface area contributed by atoms with Crippen LogP contribution in [-0.4, -0.2) is 31.1 Å². The Bertz CT molecular complexity index is 90.9. The average Bonchev–Trinajstić information content (AvgIpc) is 2.14. The predicted molar refractivity (Wildman–Crippen MR) is 39.3 cm³/mol. The third-order valence-corrected chi connectivity index (χ3v) is 2.18. The van der Waals surface area contributed by atoms with Crippen LogP contribution in [0.4, 0.5) is 0 Å². The quantitative estimate of drug-likeness (QED) is 0.555. The molecule has 9 heavy (non-hydrogen) atoms. The van der Waals surface area contributed by atoms with E-state index >= 15 is 0 Å². The van der Waals surface area contributed by atoms with Gasteiger partial charge in [0, 0.05) is 12.1 Å². The van der Waals surface area contributed by atoms with Gasteiger partial charge in [-0.2, -0.15) is 0 Å². The van der Waals surface area contributed by atoms with Crippen LogP contribution in [0.2, 0.25) is 0 Å². The summed E-state index contributed by atoms with van der Waals surface area (Å²) in [6, 6.07) is 1.22.